The maximum absolute atomic E-state index is 10.4. The van der Waals surface area contributed by atoms with Crippen LogP contribution >= 0.6 is 0 Å². The lowest BCUT2D eigenvalue weighted by molar-refractivity contribution is -0.384. The molecule has 0 atom stereocenters. The number of non-ortho nitro benzene ring substituents is 1. The van der Waals surface area contributed by atoms with Crippen LogP contribution in [0, 0.1) is 10.1 Å². The van der Waals surface area contributed by atoms with Crippen molar-refractivity contribution in [1.29, 1.82) is 0 Å². The minimum atomic E-state index is -0.467. The molecular formula is C11H13NO4. The van der Waals surface area contributed by atoms with Crippen LogP contribution in [0.2, 0.25) is 0 Å². The summed E-state index contributed by atoms with van der Waals surface area (Å²) in [7, 11) is 0. The molecule has 1 rings (SSSR count). The van der Waals surface area contributed by atoms with Crippen molar-refractivity contribution in [3.05, 3.63) is 45.9 Å². The molecule has 0 saturated heterocycles. The van der Waals surface area contributed by atoms with E-state index in [-0.39, 0.29) is 11.6 Å². The predicted octanol–water partition coefficient (Wildman–Crippen LogP) is 2.88. The zero-order valence-electron chi connectivity index (χ0n) is 9.14. The highest BCUT2D eigenvalue weighted by molar-refractivity contribution is 5.65. The third-order valence-corrected chi connectivity index (χ3v) is 2.11. The van der Waals surface area contributed by atoms with Gasteiger partial charge in [-0.15, -0.1) is 0 Å². The summed E-state index contributed by atoms with van der Waals surface area (Å²) in [6.07, 6.45) is 0. The highest BCUT2D eigenvalue weighted by atomic mass is 16.6. The minimum absolute atomic E-state index is 0.0208. The number of aliphatic hydroxyl groups is 1. The molecule has 16 heavy (non-hydrogen) atoms. The Labute approximate surface area is 93.1 Å². The van der Waals surface area contributed by atoms with Crippen LogP contribution in [0.3, 0.4) is 0 Å². The quantitative estimate of drug-likeness (QED) is 0.484. The highest BCUT2D eigenvalue weighted by Gasteiger charge is 2.08. The van der Waals surface area contributed by atoms with Crippen molar-refractivity contribution in [3.63, 3.8) is 0 Å². The average Bonchev–Trinajstić information content (AvgIpc) is 2.28. The van der Waals surface area contributed by atoms with Crippen LogP contribution in [0.25, 0.3) is 5.57 Å². The molecule has 0 aromatic heterocycles. The Bertz CT molecular complexity index is 408. The van der Waals surface area contributed by atoms with Gasteiger partial charge in [0.25, 0.3) is 11.6 Å². The molecular weight excluding hydrogens is 210 g/mol. The molecule has 86 valence electrons. The number of allylic oxidation sites excluding steroid dienone is 1. The van der Waals surface area contributed by atoms with Gasteiger partial charge in [-0.3, -0.25) is 10.1 Å². The van der Waals surface area contributed by atoms with Crippen LogP contribution in [-0.2, 0) is 4.74 Å². The molecule has 1 aromatic carbocycles. The summed E-state index contributed by atoms with van der Waals surface area (Å²) >= 11 is 0. The fraction of sp³-hybridized carbons (Fsp3) is 0.273. The van der Waals surface area contributed by atoms with E-state index >= 15 is 0 Å². The molecule has 1 N–H and O–H groups in total. The van der Waals surface area contributed by atoms with Gasteiger partial charge < -0.3 is 9.84 Å². The summed E-state index contributed by atoms with van der Waals surface area (Å²) in [5, 5.41) is 19.9. The van der Waals surface area contributed by atoms with Crippen LogP contribution in [0.4, 0.5) is 5.69 Å². The Balaban J connectivity index is 2.97. The van der Waals surface area contributed by atoms with E-state index in [0.29, 0.717) is 17.7 Å². The molecule has 0 radical (unpaired) electrons. The predicted molar refractivity (Wildman–Crippen MR) is 59.9 cm³/mol. The lowest BCUT2D eigenvalue weighted by Crippen LogP contribution is -1.94. The van der Waals surface area contributed by atoms with Crippen molar-refractivity contribution in [1.82, 2.24) is 0 Å². The molecule has 1 aromatic rings. The van der Waals surface area contributed by atoms with Gasteiger partial charge in [0.15, 0.2) is 0 Å². The van der Waals surface area contributed by atoms with Crippen LogP contribution in [0.15, 0.2) is 30.2 Å². The van der Waals surface area contributed by atoms with Crippen molar-refractivity contribution >= 4 is 11.3 Å². The largest absolute Gasteiger partial charge is 0.481 e. The highest BCUT2D eigenvalue weighted by Crippen LogP contribution is 2.20. The summed E-state index contributed by atoms with van der Waals surface area (Å²) in [6, 6.07) is 5.92. The van der Waals surface area contributed by atoms with Gasteiger partial charge in [-0.05, 0) is 31.5 Å². The summed E-state index contributed by atoms with van der Waals surface area (Å²) in [4.78, 5) is 9.97. The Morgan fingerprint density at radius 1 is 1.44 bits per heavy atom. The second-order valence-corrected chi connectivity index (χ2v) is 3.17. The Hall–Kier alpha value is -2.04. The van der Waals surface area contributed by atoms with Gasteiger partial charge in [0.05, 0.1) is 11.5 Å². The van der Waals surface area contributed by atoms with Gasteiger partial charge >= 0.3 is 0 Å². The van der Waals surface area contributed by atoms with E-state index < -0.39 is 4.92 Å². The molecule has 0 aliphatic heterocycles. The number of nitrogens with zero attached hydrogens (tertiary/aromatic N) is 1. The first-order valence-corrected chi connectivity index (χ1v) is 4.83. The van der Waals surface area contributed by atoms with E-state index in [4.69, 9.17) is 4.74 Å². The number of hydrogen-bond acceptors (Lipinski definition) is 4. The lowest BCUT2D eigenvalue weighted by Gasteiger charge is -2.06. The normalized spacial score (nSPS) is 11.9. The molecule has 0 fully saturated rings. The van der Waals surface area contributed by atoms with Crippen molar-refractivity contribution in [2.75, 3.05) is 6.61 Å². The van der Waals surface area contributed by atoms with Crippen LogP contribution in [0.5, 0.6) is 0 Å². The molecule has 5 heteroatoms. The number of rotatable bonds is 4. The molecule has 0 aliphatic carbocycles. The maximum Gasteiger partial charge on any atom is 0.280 e. The first-order valence-electron chi connectivity index (χ1n) is 4.83. The van der Waals surface area contributed by atoms with Crippen molar-refractivity contribution < 1.29 is 14.8 Å². The Kier molecular flexibility index (Phi) is 3.88. The topological polar surface area (TPSA) is 72.6 Å². The van der Waals surface area contributed by atoms with Crippen molar-refractivity contribution in [2.45, 2.75) is 13.8 Å². The molecule has 0 saturated carbocycles. The van der Waals surface area contributed by atoms with Gasteiger partial charge in [-0.25, -0.2) is 0 Å². The van der Waals surface area contributed by atoms with E-state index in [1.54, 1.807) is 26.0 Å². The zero-order chi connectivity index (χ0) is 12.1. The van der Waals surface area contributed by atoms with Crippen LogP contribution in [-0.4, -0.2) is 16.6 Å². The maximum atomic E-state index is 10.4. The minimum Gasteiger partial charge on any atom is -0.481 e. The van der Waals surface area contributed by atoms with E-state index in [0.717, 1.165) is 0 Å². The summed E-state index contributed by atoms with van der Waals surface area (Å²) in [5.74, 6) is -0.156. The average molecular weight is 223 g/mol. The van der Waals surface area contributed by atoms with Gasteiger partial charge in [0.2, 0.25) is 0 Å². The van der Waals surface area contributed by atoms with E-state index in [2.05, 4.69) is 0 Å². The standard InChI is InChI=1S/C11H13NO4/c1-3-16-11(13)8(2)9-4-6-10(7-5-9)12(14)15/h4-7,13H,3H2,1-2H3/b11-8+. The smallest absolute Gasteiger partial charge is 0.280 e. The zero-order valence-corrected chi connectivity index (χ0v) is 9.14. The van der Waals surface area contributed by atoms with Gasteiger partial charge in [-0.2, -0.15) is 0 Å². The monoisotopic (exact) mass is 223 g/mol. The first kappa shape index (κ1) is 12.0. The number of aliphatic hydroxyl groups excluding tert-OH is 1. The van der Waals surface area contributed by atoms with Gasteiger partial charge in [-0.1, -0.05) is 0 Å². The molecule has 5 nitrogen and oxygen atoms in total. The molecule has 0 amide bonds. The second kappa shape index (κ2) is 5.16. The fourth-order valence-electron chi connectivity index (χ4n) is 1.20. The molecule has 0 bridgehead atoms. The van der Waals surface area contributed by atoms with E-state index in [1.807, 2.05) is 0 Å². The van der Waals surface area contributed by atoms with Crippen molar-refractivity contribution in [3.8, 4) is 0 Å². The molecule has 0 heterocycles. The van der Waals surface area contributed by atoms with Crippen LogP contribution in [0.1, 0.15) is 19.4 Å². The molecule has 0 unspecified atom stereocenters. The number of nitro groups is 1. The summed E-state index contributed by atoms with van der Waals surface area (Å²) in [5.41, 5.74) is 1.26. The number of nitro benzene ring substituents is 1. The molecule has 0 aliphatic rings. The first-order chi connectivity index (χ1) is 7.56. The summed E-state index contributed by atoms with van der Waals surface area (Å²) < 4.78 is 4.94. The van der Waals surface area contributed by atoms with E-state index in [9.17, 15) is 15.2 Å². The molecule has 0 spiro atoms. The van der Waals surface area contributed by atoms with Crippen molar-refractivity contribution in [2.24, 2.45) is 0 Å². The third-order valence-electron chi connectivity index (χ3n) is 2.11. The van der Waals surface area contributed by atoms with Crippen LogP contribution < -0.4 is 0 Å². The number of hydrogen-bond donors (Lipinski definition) is 1. The number of ether oxygens (including phenoxy) is 1. The summed E-state index contributed by atoms with van der Waals surface area (Å²) in [6.45, 7) is 3.82. The van der Waals surface area contributed by atoms with Gasteiger partial charge in [0, 0.05) is 17.7 Å². The van der Waals surface area contributed by atoms with E-state index in [1.165, 1.54) is 12.1 Å². The van der Waals surface area contributed by atoms with Gasteiger partial charge in [0.1, 0.15) is 0 Å². The Morgan fingerprint density at radius 3 is 2.44 bits per heavy atom. The fourth-order valence-corrected chi connectivity index (χ4v) is 1.20. The second-order valence-electron chi connectivity index (χ2n) is 3.17. The SMILES string of the molecule is CCO/C(O)=C(\C)c1ccc([N+](=O)[O-])cc1. The third kappa shape index (κ3) is 2.73. The Morgan fingerprint density at radius 2 is 2.00 bits per heavy atom. The number of benzene rings is 1. The lowest BCUT2D eigenvalue weighted by atomic mass is 10.1.